The maximum absolute atomic E-state index is 12.5. The van der Waals surface area contributed by atoms with Gasteiger partial charge in [-0.15, -0.1) is 0 Å². The predicted molar refractivity (Wildman–Crippen MR) is 148 cm³/mol. The second kappa shape index (κ2) is 11.4. The molecule has 0 amide bonds. The highest BCUT2D eigenvalue weighted by Crippen LogP contribution is 2.51. The van der Waals surface area contributed by atoms with Crippen LogP contribution in [0.4, 0.5) is 0 Å². The number of ether oxygens (including phenoxy) is 3. The van der Waals surface area contributed by atoms with E-state index >= 15 is 0 Å². The van der Waals surface area contributed by atoms with Gasteiger partial charge in [0.25, 0.3) is 0 Å². The van der Waals surface area contributed by atoms with Gasteiger partial charge in [-0.25, -0.2) is 0 Å². The van der Waals surface area contributed by atoms with Gasteiger partial charge in [-0.3, -0.25) is 4.79 Å². The minimum absolute atomic E-state index is 0.140. The Morgan fingerprint density at radius 3 is 2.56 bits per heavy atom. The summed E-state index contributed by atoms with van der Waals surface area (Å²) >= 11 is 0. The zero-order chi connectivity index (χ0) is 27.7. The zero-order valence-corrected chi connectivity index (χ0v) is 23.3. The number of hydrogen-bond acceptors (Lipinski definition) is 7. The highest BCUT2D eigenvalue weighted by atomic mass is 16.7. The van der Waals surface area contributed by atoms with E-state index in [4.69, 9.17) is 18.6 Å². The molecule has 2 saturated heterocycles. The third-order valence-electron chi connectivity index (χ3n) is 8.21. The van der Waals surface area contributed by atoms with Crippen LogP contribution in [0.2, 0.25) is 0 Å². The summed E-state index contributed by atoms with van der Waals surface area (Å²) in [4.78, 5) is 12.5. The van der Waals surface area contributed by atoms with E-state index in [0.29, 0.717) is 42.3 Å². The minimum atomic E-state index is -1.20. The lowest BCUT2D eigenvalue weighted by Crippen LogP contribution is -2.53. The highest BCUT2D eigenvalue weighted by Gasteiger charge is 2.68. The molecule has 2 N–H and O–H groups in total. The summed E-state index contributed by atoms with van der Waals surface area (Å²) in [5.74, 6) is 0.761. The van der Waals surface area contributed by atoms with Crippen LogP contribution in [0, 0.1) is 5.92 Å². The molecule has 0 bridgehead atoms. The number of rotatable bonds is 11. The van der Waals surface area contributed by atoms with E-state index in [1.807, 2.05) is 37.3 Å². The van der Waals surface area contributed by atoms with Crippen molar-refractivity contribution in [2.45, 2.75) is 103 Å². The molecule has 2 aliphatic heterocycles. The van der Waals surface area contributed by atoms with Crippen molar-refractivity contribution in [2.75, 3.05) is 0 Å². The molecule has 210 valence electrons. The molecule has 0 radical (unpaired) electrons. The van der Waals surface area contributed by atoms with E-state index in [1.165, 1.54) is 0 Å². The lowest BCUT2D eigenvalue weighted by Gasteiger charge is -2.39. The molecule has 3 aromatic rings. The number of fused-ring (bicyclic) bond motifs is 1. The average molecular weight is 537 g/mol. The number of carbonyl (C=O) groups is 1. The van der Waals surface area contributed by atoms with E-state index in [1.54, 1.807) is 6.26 Å². The standard InChI is InChI=1S/C32H40O7/c1-5-10-22(26-15-27(34)32(31(35)38-26)28(6-2)39-32)25-18-37-30-23(25)14-21(13-19(3)4)29(24(30)16-33)36-17-20-11-8-7-9-12-20/h7-9,11-12,14,16,18-19,22,26-28,31,34-35H,5-6,10,13,15,17H2,1-4H3. The first-order valence-electron chi connectivity index (χ1n) is 14.2. The van der Waals surface area contributed by atoms with E-state index in [2.05, 4.69) is 26.8 Å². The fourth-order valence-corrected chi connectivity index (χ4v) is 6.27. The van der Waals surface area contributed by atoms with Crippen LogP contribution in [0.25, 0.3) is 11.0 Å². The van der Waals surface area contributed by atoms with Crippen LogP contribution in [-0.4, -0.2) is 46.7 Å². The van der Waals surface area contributed by atoms with Gasteiger partial charge >= 0.3 is 0 Å². The van der Waals surface area contributed by atoms with Crippen molar-refractivity contribution < 1.29 is 33.6 Å². The van der Waals surface area contributed by atoms with Gasteiger partial charge in [0.05, 0.1) is 30.1 Å². The monoisotopic (exact) mass is 536 g/mol. The van der Waals surface area contributed by atoms with Crippen LogP contribution < -0.4 is 4.74 Å². The third kappa shape index (κ3) is 5.13. The van der Waals surface area contributed by atoms with E-state index < -0.39 is 24.1 Å². The topological polar surface area (TPSA) is 102 Å². The number of benzene rings is 2. The molecule has 3 heterocycles. The van der Waals surface area contributed by atoms with Gasteiger partial charge in [0.15, 0.2) is 18.2 Å². The Kier molecular flexibility index (Phi) is 8.15. The Morgan fingerprint density at radius 2 is 1.95 bits per heavy atom. The van der Waals surface area contributed by atoms with E-state index in [9.17, 15) is 15.0 Å². The fourth-order valence-electron chi connectivity index (χ4n) is 6.27. The third-order valence-corrected chi connectivity index (χ3v) is 8.21. The number of aliphatic hydroxyl groups excluding tert-OH is 2. The van der Waals surface area contributed by atoms with Crippen molar-refractivity contribution in [2.24, 2.45) is 5.92 Å². The van der Waals surface area contributed by atoms with Gasteiger partial charge in [-0.2, -0.15) is 0 Å². The first kappa shape index (κ1) is 27.8. The largest absolute Gasteiger partial charge is 0.488 e. The molecule has 7 nitrogen and oxygen atoms in total. The minimum Gasteiger partial charge on any atom is -0.488 e. The molecule has 39 heavy (non-hydrogen) atoms. The Hall–Kier alpha value is -2.71. The van der Waals surface area contributed by atoms with Crippen LogP contribution in [0.3, 0.4) is 0 Å². The Morgan fingerprint density at radius 1 is 1.18 bits per heavy atom. The second-order valence-electron chi connectivity index (χ2n) is 11.4. The number of carbonyl (C=O) groups excluding carboxylic acids is 1. The smallest absolute Gasteiger partial charge is 0.189 e. The summed E-state index contributed by atoms with van der Waals surface area (Å²) in [7, 11) is 0. The lowest BCUT2D eigenvalue weighted by atomic mass is 9.80. The van der Waals surface area contributed by atoms with Gasteiger partial charge in [-0.1, -0.05) is 64.4 Å². The van der Waals surface area contributed by atoms with Crippen LogP contribution in [0.1, 0.15) is 86.3 Å². The maximum atomic E-state index is 12.5. The molecule has 6 unspecified atom stereocenters. The molecular formula is C32H40O7. The molecule has 6 atom stereocenters. The summed E-state index contributed by atoms with van der Waals surface area (Å²) in [6.07, 6.45) is 3.30. The quantitative estimate of drug-likeness (QED) is 0.232. The van der Waals surface area contributed by atoms with Gasteiger partial charge in [0, 0.05) is 23.3 Å². The predicted octanol–water partition coefficient (Wildman–Crippen LogP) is 5.92. The van der Waals surface area contributed by atoms with E-state index in [-0.39, 0.29) is 12.0 Å². The van der Waals surface area contributed by atoms with Crippen molar-refractivity contribution >= 4 is 17.3 Å². The van der Waals surface area contributed by atoms with Gasteiger partial charge < -0.3 is 28.8 Å². The Bertz CT molecular complexity index is 1270. The molecule has 5 rings (SSSR count). The lowest BCUT2D eigenvalue weighted by molar-refractivity contribution is -0.236. The number of furan rings is 1. The Balaban J connectivity index is 1.52. The highest BCUT2D eigenvalue weighted by molar-refractivity contribution is 6.00. The number of aliphatic hydroxyl groups is 2. The van der Waals surface area contributed by atoms with Crippen molar-refractivity contribution in [3.8, 4) is 5.75 Å². The molecule has 1 aromatic heterocycles. The second-order valence-corrected chi connectivity index (χ2v) is 11.4. The average Bonchev–Trinajstić information content (AvgIpc) is 3.54. The Labute approximate surface area is 230 Å². The molecular weight excluding hydrogens is 496 g/mol. The number of epoxide rings is 1. The molecule has 2 fully saturated rings. The fraction of sp³-hybridized carbons (Fsp3) is 0.531. The van der Waals surface area contributed by atoms with Crippen molar-refractivity contribution in [1.29, 1.82) is 0 Å². The summed E-state index contributed by atoms with van der Waals surface area (Å²) in [6, 6.07) is 12.0. The van der Waals surface area contributed by atoms with Crippen molar-refractivity contribution in [3.63, 3.8) is 0 Å². The van der Waals surface area contributed by atoms with E-state index in [0.717, 1.165) is 47.6 Å². The van der Waals surface area contributed by atoms with Crippen LogP contribution in [0.15, 0.2) is 47.1 Å². The molecule has 0 saturated carbocycles. The molecule has 7 heteroatoms. The molecule has 2 aliphatic rings. The number of aldehydes is 1. The van der Waals surface area contributed by atoms with Crippen LogP contribution in [0.5, 0.6) is 5.75 Å². The summed E-state index contributed by atoms with van der Waals surface area (Å²) in [5.41, 5.74) is 2.75. The summed E-state index contributed by atoms with van der Waals surface area (Å²) in [5, 5.41) is 22.8. The maximum Gasteiger partial charge on any atom is 0.189 e. The van der Waals surface area contributed by atoms with Crippen molar-refractivity contribution in [3.05, 3.63) is 64.9 Å². The van der Waals surface area contributed by atoms with Gasteiger partial charge in [0.1, 0.15) is 17.9 Å². The zero-order valence-electron chi connectivity index (χ0n) is 23.3. The summed E-state index contributed by atoms with van der Waals surface area (Å²) in [6.45, 7) is 8.69. The van der Waals surface area contributed by atoms with Gasteiger partial charge in [0.2, 0.25) is 0 Å². The van der Waals surface area contributed by atoms with Crippen LogP contribution >= 0.6 is 0 Å². The SMILES string of the molecule is CCCC(c1coc2c(C=O)c(OCc3ccccc3)c(CC(C)C)cc12)C1CC(O)C2(OC2CC)C(O)O1. The van der Waals surface area contributed by atoms with Crippen LogP contribution in [-0.2, 0) is 22.5 Å². The normalized spacial score (nSPS) is 27.3. The van der Waals surface area contributed by atoms with Gasteiger partial charge in [-0.05, 0) is 42.4 Å². The first-order valence-corrected chi connectivity index (χ1v) is 14.2. The first-order chi connectivity index (χ1) is 18.8. The van der Waals surface area contributed by atoms with Crippen molar-refractivity contribution in [1.82, 2.24) is 0 Å². The molecule has 2 aromatic carbocycles. The molecule has 0 aliphatic carbocycles. The molecule has 1 spiro atoms. The number of hydrogen-bond donors (Lipinski definition) is 2. The summed E-state index contributed by atoms with van der Waals surface area (Å²) < 4.78 is 24.2.